The quantitative estimate of drug-likeness (QED) is 0.828. The number of carbonyl (C=O) groups excluding carboxylic acids is 1. The minimum Gasteiger partial charge on any atom is -0.381 e. The minimum absolute atomic E-state index is 0.0605. The first kappa shape index (κ1) is 16.5. The van der Waals surface area contributed by atoms with Crippen molar-refractivity contribution in [2.24, 2.45) is 0 Å². The molecule has 0 atom stereocenters. The Kier molecular flexibility index (Phi) is 4.67. The van der Waals surface area contributed by atoms with Gasteiger partial charge in [-0.3, -0.25) is 4.79 Å². The van der Waals surface area contributed by atoms with E-state index in [-0.39, 0.29) is 5.91 Å². The fourth-order valence-corrected chi connectivity index (χ4v) is 3.70. The molecule has 4 heterocycles. The molecular formula is C18H25N5O2. The first-order chi connectivity index (χ1) is 12.2. The summed E-state index contributed by atoms with van der Waals surface area (Å²) in [5.74, 6) is 0.0605. The van der Waals surface area contributed by atoms with Gasteiger partial charge in [0.05, 0.1) is 11.9 Å². The average molecular weight is 343 g/mol. The minimum atomic E-state index is 0.0605. The van der Waals surface area contributed by atoms with Gasteiger partial charge in [0.1, 0.15) is 5.52 Å². The van der Waals surface area contributed by atoms with Gasteiger partial charge in [0.25, 0.3) is 5.91 Å². The molecule has 25 heavy (non-hydrogen) atoms. The second kappa shape index (κ2) is 7.09. The van der Waals surface area contributed by atoms with Crippen molar-refractivity contribution < 1.29 is 9.53 Å². The van der Waals surface area contributed by atoms with Crippen LogP contribution in [0.5, 0.6) is 0 Å². The predicted molar refractivity (Wildman–Crippen MR) is 94.6 cm³/mol. The Balaban J connectivity index is 1.56. The molecule has 134 valence electrons. The van der Waals surface area contributed by atoms with Gasteiger partial charge in [-0.05, 0) is 38.9 Å². The number of pyridine rings is 1. The molecule has 2 aliphatic heterocycles. The number of ether oxygens (including phenoxy) is 1. The molecule has 7 heteroatoms. The molecule has 0 bridgehead atoms. The highest BCUT2D eigenvalue weighted by Crippen LogP contribution is 2.25. The largest absolute Gasteiger partial charge is 0.381 e. The normalized spacial score (nSPS) is 20.8. The second-order valence-corrected chi connectivity index (χ2v) is 7.01. The summed E-state index contributed by atoms with van der Waals surface area (Å²) in [6.07, 6.45) is 6.53. The van der Waals surface area contributed by atoms with Crippen LogP contribution >= 0.6 is 0 Å². The van der Waals surface area contributed by atoms with Gasteiger partial charge in [0.2, 0.25) is 0 Å². The number of imidazole rings is 1. The molecule has 2 aromatic rings. The Labute approximate surface area is 147 Å². The number of fused-ring (bicyclic) bond motifs is 1. The number of nitrogens with zero attached hydrogens (tertiary/aromatic N) is 5. The van der Waals surface area contributed by atoms with Crippen molar-refractivity contribution in [3.05, 3.63) is 24.2 Å². The fourth-order valence-electron chi connectivity index (χ4n) is 3.70. The van der Waals surface area contributed by atoms with Gasteiger partial charge in [-0.15, -0.1) is 0 Å². The van der Waals surface area contributed by atoms with E-state index in [1.165, 1.54) is 0 Å². The van der Waals surface area contributed by atoms with Gasteiger partial charge in [0.15, 0.2) is 5.65 Å². The monoisotopic (exact) mass is 343 g/mol. The summed E-state index contributed by atoms with van der Waals surface area (Å²) in [7, 11) is 2.10. The lowest BCUT2D eigenvalue weighted by atomic mass is 10.1. The summed E-state index contributed by atoms with van der Waals surface area (Å²) < 4.78 is 7.57. The van der Waals surface area contributed by atoms with Gasteiger partial charge in [0, 0.05) is 45.1 Å². The first-order valence-corrected chi connectivity index (χ1v) is 9.10. The number of aromatic nitrogens is 3. The van der Waals surface area contributed by atoms with Crippen molar-refractivity contribution >= 4 is 17.1 Å². The number of carbonyl (C=O) groups is 1. The summed E-state index contributed by atoms with van der Waals surface area (Å²) >= 11 is 0. The summed E-state index contributed by atoms with van der Waals surface area (Å²) in [6.45, 7) is 5.09. The van der Waals surface area contributed by atoms with Crippen LogP contribution in [0.1, 0.15) is 35.7 Å². The lowest BCUT2D eigenvalue weighted by Crippen LogP contribution is -2.34. The number of amides is 1. The highest BCUT2D eigenvalue weighted by atomic mass is 16.5. The zero-order chi connectivity index (χ0) is 17.2. The highest BCUT2D eigenvalue weighted by Gasteiger charge is 2.22. The van der Waals surface area contributed by atoms with Crippen LogP contribution in [-0.2, 0) is 4.74 Å². The Morgan fingerprint density at radius 2 is 2.00 bits per heavy atom. The van der Waals surface area contributed by atoms with Gasteiger partial charge < -0.3 is 19.1 Å². The van der Waals surface area contributed by atoms with Crippen molar-refractivity contribution in [3.8, 4) is 0 Å². The SMILES string of the molecule is CN1CCCN(C(=O)c2cnc3c(c2)ncn3C2CCOCC2)CC1. The Morgan fingerprint density at radius 1 is 1.16 bits per heavy atom. The first-order valence-electron chi connectivity index (χ1n) is 9.10. The molecule has 0 radical (unpaired) electrons. The molecule has 0 N–H and O–H groups in total. The van der Waals surface area contributed by atoms with Crippen LogP contribution in [0.15, 0.2) is 18.6 Å². The van der Waals surface area contributed by atoms with Crippen LogP contribution in [0.2, 0.25) is 0 Å². The van der Waals surface area contributed by atoms with E-state index in [4.69, 9.17) is 4.74 Å². The standard InChI is InChI=1S/C18H25N5O2/c1-21-5-2-6-22(8-7-21)18(24)14-11-16-17(19-12-14)23(13-20-16)15-3-9-25-10-4-15/h11-13,15H,2-10H2,1H3. The third-order valence-corrected chi connectivity index (χ3v) is 5.25. The number of hydrogen-bond donors (Lipinski definition) is 0. The Hall–Kier alpha value is -1.99. The predicted octanol–water partition coefficient (Wildman–Crippen LogP) is 1.56. The molecule has 2 aliphatic rings. The lowest BCUT2D eigenvalue weighted by Gasteiger charge is -2.23. The van der Waals surface area contributed by atoms with Crippen molar-refractivity contribution in [1.82, 2.24) is 24.3 Å². The third kappa shape index (κ3) is 3.39. The summed E-state index contributed by atoms with van der Waals surface area (Å²) in [4.78, 5) is 26.1. The molecule has 2 saturated heterocycles. The van der Waals surface area contributed by atoms with Gasteiger partial charge in [-0.1, -0.05) is 0 Å². The van der Waals surface area contributed by atoms with Crippen molar-refractivity contribution in [1.29, 1.82) is 0 Å². The molecule has 0 aliphatic carbocycles. The van der Waals surface area contributed by atoms with E-state index < -0.39 is 0 Å². The molecule has 4 rings (SSSR count). The van der Waals surface area contributed by atoms with Crippen LogP contribution in [0.4, 0.5) is 0 Å². The molecule has 2 aromatic heterocycles. The van der Waals surface area contributed by atoms with E-state index in [1.54, 1.807) is 6.20 Å². The van der Waals surface area contributed by atoms with E-state index in [1.807, 2.05) is 17.3 Å². The zero-order valence-corrected chi connectivity index (χ0v) is 14.7. The molecule has 0 aromatic carbocycles. The van der Waals surface area contributed by atoms with Gasteiger partial charge in [-0.2, -0.15) is 0 Å². The van der Waals surface area contributed by atoms with Crippen LogP contribution in [0, 0.1) is 0 Å². The van der Waals surface area contributed by atoms with Crippen molar-refractivity contribution in [2.75, 3.05) is 46.4 Å². The van der Waals surface area contributed by atoms with E-state index in [2.05, 4.69) is 26.5 Å². The average Bonchev–Trinajstić information content (AvgIpc) is 2.95. The van der Waals surface area contributed by atoms with Crippen LogP contribution < -0.4 is 0 Å². The number of likely N-dealkylation sites (N-methyl/N-ethyl adjacent to an activating group) is 1. The van der Waals surface area contributed by atoms with E-state index in [0.29, 0.717) is 11.6 Å². The molecule has 0 unspecified atom stereocenters. The molecule has 1 amide bonds. The van der Waals surface area contributed by atoms with E-state index >= 15 is 0 Å². The second-order valence-electron chi connectivity index (χ2n) is 7.01. The molecule has 2 fully saturated rings. The summed E-state index contributed by atoms with van der Waals surface area (Å²) in [5.41, 5.74) is 2.29. The van der Waals surface area contributed by atoms with Crippen LogP contribution in [0.3, 0.4) is 0 Å². The maximum Gasteiger partial charge on any atom is 0.255 e. The third-order valence-electron chi connectivity index (χ3n) is 5.25. The van der Waals surface area contributed by atoms with E-state index in [0.717, 1.165) is 69.8 Å². The summed E-state index contributed by atoms with van der Waals surface area (Å²) in [6, 6.07) is 2.27. The van der Waals surface area contributed by atoms with E-state index in [9.17, 15) is 4.79 Å². The van der Waals surface area contributed by atoms with Crippen LogP contribution in [-0.4, -0.2) is 76.7 Å². The van der Waals surface area contributed by atoms with Crippen molar-refractivity contribution in [3.63, 3.8) is 0 Å². The molecule has 0 saturated carbocycles. The maximum absolute atomic E-state index is 12.8. The number of hydrogen-bond acceptors (Lipinski definition) is 5. The lowest BCUT2D eigenvalue weighted by molar-refractivity contribution is 0.0704. The maximum atomic E-state index is 12.8. The zero-order valence-electron chi connectivity index (χ0n) is 14.7. The summed E-state index contributed by atoms with van der Waals surface area (Å²) in [5, 5.41) is 0. The van der Waals surface area contributed by atoms with Crippen molar-refractivity contribution in [2.45, 2.75) is 25.3 Å². The van der Waals surface area contributed by atoms with Crippen LogP contribution in [0.25, 0.3) is 11.2 Å². The van der Waals surface area contributed by atoms with Gasteiger partial charge >= 0.3 is 0 Å². The molecule has 7 nitrogen and oxygen atoms in total. The molecular weight excluding hydrogens is 318 g/mol. The highest BCUT2D eigenvalue weighted by molar-refractivity contribution is 5.96. The molecule has 0 spiro atoms. The topological polar surface area (TPSA) is 63.5 Å². The Morgan fingerprint density at radius 3 is 2.84 bits per heavy atom. The smallest absolute Gasteiger partial charge is 0.255 e. The van der Waals surface area contributed by atoms with Gasteiger partial charge in [-0.25, -0.2) is 9.97 Å². The fraction of sp³-hybridized carbons (Fsp3) is 0.611. The Bertz CT molecular complexity index is 753. The number of rotatable bonds is 2.